The van der Waals surface area contributed by atoms with Gasteiger partial charge in [0.2, 0.25) is 0 Å². The molecule has 0 aromatic rings. The second kappa shape index (κ2) is 8.09. The molecule has 4 nitrogen and oxygen atoms in total. The van der Waals surface area contributed by atoms with E-state index in [0.717, 1.165) is 25.6 Å². The first-order chi connectivity index (χ1) is 10.7. The molecular formula is C18H34N2O2. The van der Waals surface area contributed by atoms with Crippen LogP contribution in [0.4, 0.5) is 0 Å². The summed E-state index contributed by atoms with van der Waals surface area (Å²) in [5.41, 5.74) is 0. The van der Waals surface area contributed by atoms with Gasteiger partial charge in [0.05, 0.1) is 18.3 Å². The first-order valence-corrected chi connectivity index (χ1v) is 9.41. The first-order valence-electron chi connectivity index (χ1n) is 9.41. The minimum atomic E-state index is 0.396. The molecule has 0 aromatic heterocycles. The summed E-state index contributed by atoms with van der Waals surface area (Å²) in [6, 6.07) is 0. The highest BCUT2D eigenvalue weighted by Crippen LogP contribution is 2.22. The molecule has 4 heteroatoms. The molecule has 0 aliphatic carbocycles. The van der Waals surface area contributed by atoms with Crippen molar-refractivity contribution >= 4 is 0 Å². The molecule has 3 rings (SSSR count). The third-order valence-corrected chi connectivity index (χ3v) is 5.45. The van der Waals surface area contributed by atoms with E-state index in [1.54, 1.807) is 0 Å². The Kier molecular flexibility index (Phi) is 6.14. The van der Waals surface area contributed by atoms with E-state index < -0.39 is 0 Å². The lowest BCUT2D eigenvalue weighted by Gasteiger charge is -2.40. The van der Waals surface area contributed by atoms with Crippen LogP contribution in [0.5, 0.6) is 0 Å². The number of hydrogen-bond donors (Lipinski definition) is 0. The Labute approximate surface area is 136 Å². The van der Waals surface area contributed by atoms with E-state index in [4.69, 9.17) is 9.47 Å². The van der Waals surface area contributed by atoms with Gasteiger partial charge in [-0.3, -0.25) is 4.90 Å². The summed E-state index contributed by atoms with van der Waals surface area (Å²) >= 11 is 0. The van der Waals surface area contributed by atoms with Gasteiger partial charge < -0.3 is 14.4 Å². The molecule has 3 saturated heterocycles. The predicted molar refractivity (Wildman–Crippen MR) is 89.2 cm³/mol. The van der Waals surface area contributed by atoms with Gasteiger partial charge in [-0.1, -0.05) is 0 Å². The molecule has 22 heavy (non-hydrogen) atoms. The quantitative estimate of drug-likeness (QED) is 0.796. The lowest BCUT2D eigenvalue weighted by atomic mass is 9.95. The third kappa shape index (κ3) is 4.92. The number of ether oxygens (including phenoxy) is 2. The van der Waals surface area contributed by atoms with Crippen molar-refractivity contribution in [3.63, 3.8) is 0 Å². The molecule has 0 aromatic carbocycles. The van der Waals surface area contributed by atoms with Crippen LogP contribution in [0.15, 0.2) is 0 Å². The van der Waals surface area contributed by atoms with Crippen molar-refractivity contribution in [2.45, 2.75) is 64.3 Å². The highest BCUT2D eigenvalue weighted by molar-refractivity contribution is 4.80. The van der Waals surface area contributed by atoms with E-state index in [-0.39, 0.29) is 0 Å². The fourth-order valence-corrected chi connectivity index (χ4v) is 4.39. The molecule has 3 atom stereocenters. The number of piperidine rings is 1. The normalized spacial score (nSPS) is 36.5. The van der Waals surface area contributed by atoms with Gasteiger partial charge in [0.15, 0.2) is 0 Å². The average molecular weight is 310 g/mol. The molecule has 0 bridgehead atoms. The summed E-state index contributed by atoms with van der Waals surface area (Å²) in [4.78, 5) is 5.26. The molecule has 0 amide bonds. The molecular weight excluding hydrogens is 276 g/mol. The molecule has 3 aliphatic rings. The maximum Gasteiger partial charge on any atom is 0.0702 e. The maximum atomic E-state index is 5.89. The Bertz CT molecular complexity index is 315. The molecule has 0 spiro atoms. The van der Waals surface area contributed by atoms with Gasteiger partial charge >= 0.3 is 0 Å². The van der Waals surface area contributed by atoms with Gasteiger partial charge in [0.1, 0.15) is 0 Å². The van der Waals surface area contributed by atoms with Crippen molar-refractivity contribution in [3.8, 4) is 0 Å². The molecule has 3 heterocycles. The number of nitrogens with zero attached hydrogens (tertiary/aromatic N) is 2. The standard InChI is InChI=1S/C18H34N2O2/c1-15-11-20(12-16(2)22-15)13-17-6-8-19(9-7-17)14-18-5-3-4-10-21-18/h15-18H,3-14H2,1-2H3/t15-,16-,18+/m1/s1. The van der Waals surface area contributed by atoms with Crippen LogP contribution in [0.1, 0.15) is 46.0 Å². The van der Waals surface area contributed by atoms with Gasteiger partial charge in [-0.15, -0.1) is 0 Å². The summed E-state index contributed by atoms with van der Waals surface area (Å²) in [6.45, 7) is 12.6. The van der Waals surface area contributed by atoms with Crippen molar-refractivity contribution in [1.29, 1.82) is 0 Å². The smallest absolute Gasteiger partial charge is 0.0702 e. The van der Waals surface area contributed by atoms with E-state index >= 15 is 0 Å². The summed E-state index contributed by atoms with van der Waals surface area (Å²) in [5.74, 6) is 0.876. The summed E-state index contributed by atoms with van der Waals surface area (Å²) in [7, 11) is 0. The predicted octanol–water partition coefficient (Wildman–Crippen LogP) is 2.38. The van der Waals surface area contributed by atoms with Gasteiger partial charge in [-0.05, 0) is 65.0 Å². The highest BCUT2D eigenvalue weighted by atomic mass is 16.5. The Hall–Kier alpha value is -0.160. The second-order valence-electron chi connectivity index (χ2n) is 7.71. The minimum absolute atomic E-state index is 0.396. The Morgan fingerprint density at radius 2 is 1.59 bits per heavy atom. The zero-order chi connectivity index (χ0) is 15.4. The number of morpholine rings is 1. The SMILES string of the molecule is C[C@@H]1CN(CC2CCN(C[C@@H]3CCCCO3)CC2)C[C@@H](C)O1. The van der Waals surface area contributed by atoms with Crippen molar-refractivity contribution in [1.82, 2.24) is 9.80 Å². The number of hydrogen-bond acceptors (Lipinski definition) is 4. The van der Waals surface area contributed by atoms with Gasteiger partial charge in [0, 0.05) is 32.8 Å². The second-order valence-corrected chi connectivity index (χ2v) is 7.71. The van der Waals surface area contributed by atoms with Crippen LogP contribution in [-0.2, 0) is 9.47 Å². The van der Waals surface area contributed by atoms with E-state index in [9.17, 15) is 0 Å². The van der Waals surface area contributed by atoms with Gasteiger partial charge in [-0.25, -0.2) is 0 Å². The van der Waals surface area contributed by atoms with E-state index in [2.05, 4.69) is 23.6 Å². The maximum absolute atomic E-state index is 5.89. The third-order valence-electron chi connectivity index (χ3n) is 5.45. The zero-order valence-corrected chi connectivity index (χ0v) is 14.5. The van der Waals surface area contributed by atoms with Crippen LogP contribution in [0.25, 0.3) is 0 Å². The topological polar surface area (TPSA) is 24.9 Å². The minimum Gasteiger partial charge on any atom is -0.377 e. The molecule has 128 valence electrons. The summed E-state index contributed by atoms with van der Waals surface area (Å²) in [6.07, 6.45) is 7.89. The van der Waals surface area contributed by atoms with Gasteiger partial charge in [0.25, 0.3) is 0 Å². The van der Waals surface area contributed by atoms with Gasteiger partial charge in [-0.2, -0.15) is 0 Å². The van der Waals surface area contributed by atoms with Crippen molar-refractivity contribution in [2.75, 3.05) is 45.9 Å². The van der Waals surface area contributed by atoms with Crippen molar-refractivity contribution in [2.24, 2.45) is 5.92 Å². The lowest BCUT2D eigenvalue weighted by Crippen LogP contribution is -2.48. The highest BCUT2D eigenvalue weighted by Gasteiger charge is 2.27. The summed E-state index contributed by atoms with van der Waals surface area (Å²) in [5, 5.41) is 0. The zero-order valence-electron chi connectivity index (χ0n) is 14.5. The Morgan fingerprint density at radius 3 is 2.23 bits per heavy atom. The van der Waals surface area contributed by atoms with Crippen LogP contribution in [0, 0.1) is 5.92 Å². The molecule has 0 unspecified atom stereocenters. The number of rotatable bonds is 4. The van der Waals surface area contributed by atoms with Crippen LogP contribution >= 0.6 is 0 Å². The van der Waals surface area contributed by atoms with E-state index in [1.807, 2.05) is 0 Å². The monoisotopic (exact) mass is 310 g/mol. The fourth-order valence-electron chi connectivity index (χ4n) is 4.39. The van der Waals surface area contributed by atoms with Crippen LogP contribution < -0.4 is 0 Å². The molecule has 3 fully saturated rings. The largest absolute Gasteiger partial charge is 0.377 e. The molecule has 0 N–H and O–H groups in total. The van der Waals surface area contributed by atoms with E-state index in [1.165, 1.54) is 58.3 Å². The Balaban J connectivity index is 1.36. The summed E-state index contributed by atoms with van der Waals surface area (Å²) < 4.78 is 11.7. The van der Waals surface area contributed by atoms with Crippen molar-refractivity contribution in [3.05, 3.63) is 0 Å². The molecule has 0 radical (unpaired) electrons. The lowest BCUT2D eigenvalue weighted by molar-refractivity contribution is -0.0738. The first kappa shape index (κ1) is 16.7. The average Bonchev–Trinajstić information content (AvgIpc) is 2.49. The van der Waals surface area contributed by atoms with Crippen LogP contribution in [0.2, 0.25) is 0 Å². The van der Waals surface area contributed by atoms with E-state index in [0.29, 0.717) is 18.3 Å². The molecule has 0 saturated carbocycles. The van der Waals surface area contributed by atoms with Crippen molar-refractivity contribution < 1.29 is 9.47 Å². The molecule has 3 aliphatic heterocycles. The van der Waals surface area contributed by atoms with Crippen LogP contribution in [0.3, 0.4) is 0 Å². The number of likely N-dealkylation sites (tertiary alicyclic amines) is 1. The van der Waals surface area contributed by atoms with Crippen LogP contribution in [-0.4, -0.2) is 74.0 Å². The Morgan fingerprint density at radius 1 is 0.864 bits per heavy atom. The fraction of sp³-hybridized carbons (Fsp3) is 1.00.